The average molecular weight is 358 g/mol. The van der Waals surface area contributed by atoms with E-state index in [1.807, 2.05) is 30.3 Å². The van der Waals surface area contributed by atoms with E-state index in [1.165, 1.54) is 19.2 Å². The summed E-state index contributed by atoms with van der Waals surface area (Å²) in [7, 11) is 1.40. The zero-order valence-electron chi connectivity index (χ0n) is 14.9. The second-order valence-electron chi connectivity index (χ2n) is 6.14. The van der Waals surface area contributed by atoms with Crippen molar-refractivity contribution in [1.82, 2.24) is 9.80 Å². The number of para-hydroxylation sites is 1. The number of carbonyl (C=O) groups is 1. The van der Waals surface area contributed by atoms with Crippen molar-refractivity contribution in [3.63, 3.8) is 0 Å². The standard InChI is InChI=1S/C20H23FN2O3/c1-25-19-8-7-16(15-18(19)21)20(24)23-11-9-22(10-12-23)13-14-26-17-5-3-2-4-6-17/h2-8,15H,9-14H2,1H3. The molecule has 1 aliphatic heterocycles. The van der Waals surface area contributed by atoms with Crippen LogP contribution in [0.3, 0.4) is 0 Å². The van der Waals surface area contributed by atoms with E-state index >= 15 is 0 Å². The summed E-state index contributed by atoms with van der Waals surface area (Å²) >= 11 is 0. The van der Waals surface area contributed by atoms with Gasteiger partial charge in [-0.25, -0.2) is 4.39 Å². The van der Waals surface area contributed by atoms with Crippen molar-refractivity contribution in [1.29, 1.82) is 0 Å². The van der Waals surface area contributed by atoms with Crippen molar-refractivity contribution in [2.45, 2.75) is 0 Å². The Hall–Kier alpha value is -2.60. The molecule has 1 heterocycles. The zero-order valence-corrected chi connectivity index (χ0v) is 14.9. The Balaban J connectivity index is 1.45. The molecule has 0 atom stereocenters. The van der Waals surface area contributed by atoms with E-state index in [0.29, 0.717) is 25.3 Å². The second kappa shape index (κ2) is 8.67. The molecular formula is C20H23FN2O3. The van der Waals surface area contributed by atoms with Crippen LogP contribution in [0.15, 0.2) is 48.5 Å². The van der Waals surface area contributed by atoms with Gasteiger partial charge in [0, 0.05) is 38.3 Å². The van der Waals surface area contributed by atoms with Crippen molar-refractivity contribution < 1.29 is 18.7 Å². The van der Waals surface area contributed by atoms with Crippen LogP contribution in [0.25, 0.3) is 0 Å². The second-order valence-corrected chi connectivity index (χ2v) is 6.14. The molecule has 0 unspecified atom stereocenters. The van der Waals surface area contributed by atoms with Crippen LogP contribution < -0.4 is 9.47 Å². The lowest BCUT2D eigenvalue weighted by atomic mass is 10.1. The van der Waals surface area contributed by atoms with Crippen LogP contribution in [0.1, 0.15) is 10.4 Å². The molecule has 1 amide bonds. The molecule has 3 rings (SSSR count). The highest BCUT2D eigenvalue weighted by Gasteiger charge is 2.22. The number of halogens is 1. The number of nitrogens with zero attached hydrogens (tertiary/aromatic N) is 2. The van der Waals surface area contributed by atoms with Crippen LogP contribution in [-0.2, 0) is 0 Å². The highest BCUT2D eigenvalue weighted by molar-refractivity contribution is 5.94. The number of hydrogen-bond acceptors (Lipinski definition) is 4. The van der Waals surface area contributed by atoms with Crippen LogP contribution in [0.5, 0.6) is 11.5 Å². The molecule has 1 fully saturated rings. The van der Waals surface area contributed by atoms with Crippen LogP contribution in [0.2, 0.25) is 0 Å². The fourth-order valence-corrected chi connectivity index (χ4v) is 2.97. The molecule has 0 spiro atoms. The molecule has 1 saturated heterocycles. The van der Waals surface area contributed by atoms with Crippen molar-refractivity contribution in [2.75, 3.05) is 46.4 Å². The SMILES string of the molecule is COc1ccc(C(=O)N2CCN(CCOc3ccccc3)CC2)cc1F. The summed E-state index contributed by atoms with van der Waals surface area (Å²) in [4.78, 5) is 16.6. The summed E-state index contributed by atoms with van der Waals surface area (Å²) in [6.07, 6.45) is 0. The van der Waals surface area contributed by atoms with E-state index in [9.17, 15) is 9.18 Å². The molecule has 0 saturated carbocycles. The molecule has 0 N–H and O–H groups in total. The number of carbonyl (C=O) groups excluding carboxylic acids is 1. The molecule has 2 aromatic carbocycles. The first kappa shape index (κ1) is 18.2. The number of methoxy groups -OCH3 is 1. The number of benzene rings is 2. The quantitative estimate of drug-likeness (QED) is 0.796. The third kappa shape index (κ3) is 4.52. The Labute approximate surface area is 152 Å². The topological polar surface area (TPSA) is 42.0 Å². The maximum absolute atomic E-state index is 13.8. The van der Waals surface area contributed by atoms with Gasteiger partial charge in [-0.2, -0.15) is 0 Å². The minimum atomic E-state index is -0.518. The fourth-order valence-electron chi connectivity index (χ4n) is 2.97. The summed E-state index contributed by atoms with van der Waals surface area (Å²) in [5.74, 6) is 0.342. The molecular weight excluding hydrogens is 335 g/mol. The lowest BCUT2D eigenvalue weighted by Crippen LogP contribution is -2.49. The largest absolute Gasteiger partial charge is 0.494 e. The van der Waals surface area contributed by atoms with Gasteiger partial charge in [-0.1, -0.05) is 18.2 Å². The van der Waals surface area contributed by atoms with Crippen molar-refractivity contribution in [3.05, 3.63) is 59.9 Å². The number of hydrogen-bond donors (Lipinski definition) is 0. The molecule has 0 radical (unpaired) electrons. The van der Waals surface area contributed by atoms with E-state index in [-0.39, 0.29) is 11.7 Å². The van der Waals surface area contributed by atoms with Gasteiger partial charge in [0.1, 0.15) is 12.4 Å². The maximum atomic E-state index is 13.8. The summed E-state index contributed by atoms with van der Waals surface area (Å²) in [5.41, 5.74) is 0.351. The predicted octanol–water partition coefficient (Wildman–Crippen LogP) is 2.67. The van der Waals surface area contributed by atoms with E-state index in [0.717, 1.165) is 25.4 Å². The minimum absolute atomic E-state index is 0.143. The lowest BCUT2D eigenvalue weighted by molar-refractivity contribution is 0.0620. The monoisotopic (exact) mass is 358 g/mol. The Morgan fingerprint density at radius 1 is 1.08 bits per heavy atom. The van der Waals surface area contributed by atoms with Gasteiger partial charge in [0.2, 0.25) is 0 Å². The molecule has 26 heavy (non-hydrogen) atoms. The van der Waals surface area contributed by atoms with Gasteiger partial charge in [-0.3, -0.25) is 9.69 Å². The van der Waals surface area contributed by atoms with Crippen molar-refractivity contribution >= 4 is 5.91 Å². The van der Waals surface area contributed by atoms with Gasteiger partial charge in [-0.15, -0.1) is 0 Å². The smallest absolute Gasteiger partial charge is 0.254 e. The van der Waals surface area contributed by atoms with Gasteiger partial charge in [0.25, 0.3) is 5.91 Å². The Morgan fingerprint density at radius 2 is 1.81 bits per heavy atom. The number of rotatable bonds is 6. The van der Waals surface area contributed by atoms with Crippen LogP contribution >= 0.6 is 0 Å². The number of amides is 1. The third-order valence-corrected chi connectivity index (χ3v) is 4.48. The first-order valence-electron chi connectivity index (χ1n) is 8.70. The Morgan fingerprint density at radius 3 is 2.46 bits per heavy atom. The highest BCUT2D eigenvalue weighted by atomic mass is 19.1. The maximum Gasteiger partial charge on any atom is 0.254 e. The van der Waals surface area contributed by atoms with Gasteiger partial charge in [0.15, 0.2) is 11.6 Å². The molecule has 0 aliphatic carbocycles. The van der Waals surface area contributed by atoms with Crippen LogP contribution in [-0.4, -0.2) is 62.1 Å². The molecule has 2 aromatic rings. The summed E-state index contributed by atoms with van der Waals surface area (Å²) < 4.78 is 24.4. The Kier molecular flexibility index (Phi) is 6.07. The third-order valence-electron chi connectivity index (χ3n) is 4.48. The molecule has 0 bridgehead atoms. The normalized spacial score (nSPS) is 14.9. The summed E-state index contributed by atoms with van der Waals surface area (Å²) in [6, 6.07) is 14.0. The number of piperazine rings is 1. The van der Waals surface area contributed by atoms with Gasteiger partial charge in [-0.05, 0) is 30.3 Å². The zero-order chi connectivity index (χ0) is 18.4. The van der Waals surface area contributed by atoms with Crippen LogP contribution in [0.4, 0.5) is 4.39 Å². The first-order chi connectivity index (χ1) is 12.7. The van der Waals surface area contributed by atoms with E-state index < -0.39 is 5.82 Å². The van der Waals surface area contributed by atoms with Gasteiger partial charge in [0.05, 0.1) is 7.11 Å². The molecule has 1 aliphatic rings. The summed E-state index contributed by atoms with van der Waals surface area (Å²) in [5, 5.41) is 0. The number of ether oxygens (including phenoxy) is 2. The first-order valence-corrected chi connectivity index (χ1v) is 8.70. The fraction of sp³-hybridized carbons (Fsp3) is 0.350. The van der Waals surface area contributed by atoms with Crippen molar-refractivity contribution in [3.8, 4) is 11.5 Å². The minimum Gasteiger partial charge on any atom is -0.494 e. The molecule has 5 nitrogen and oxygen atoms in total. The predicted molar refractivity (Wildman–Crippen MR) is 97.2 cm³/mol. The lowest BCUT2D eigenvalue weighted by Gasteiger charge is -2.34. The van der Waals surface area contributed by atoms with E-state index in [1.54, 1.807) is 11.0 Å². The average Bonchev–Trinajstić information content (AvgIpc) is 2.69. The van der Waals surface area contributed by atoms with Crippen LogP contribution in [0, 0.1) is 5.82 Å². The van der Waals surface area contributed by atoms with Gasteiger partial charge >= 0.3 is 0 Å². The van der Waals surface area contributed by atoms with Crippen molar-refractivity contribution in [2.24, 2.45) is 0 Å². The Bertz CT molecular complexity index is 731. The van der Waals surface area contributed by atoms with E-state index in [2.05, 4.69) is 4.90 Å². The summed E-state index contributed by atoms with van der Waals surface area (Å²) in [6.45, 7) is 4.23. The highest BCUT2D eigenvalue weighted by Crippen LogP contribution is 2.19. The molecule has 0 aromatic heterocycles. The molecule has 6 heteroatoms. The van der Waals surface area contributed by atoms with Gasteiger partial charge < -0.3 is 14.4 Å². The van der Waals surface area contributed by atoms with E-state index in [4.69, 9.17) is 9.47 Å². The molecule has 138 valence electrons.